The molecule has 8 aromatic rings. The van der Waals surface area contributed by atoms with E-state index in [4.69, 9.17) is 15.0 Å². The van der Waals surface area contributed by atoms with Crippen LogP contribution in [0.2, 0.25) is 0 Å². The molecule has 3 aliphatic rings. The van der Waals surface area contributed by atoms with Crippen LogP contribution in [-0.2, 0) is 5.41 Å². The molecule has 3 heteroatoms. The molecule has 7 aromatic carbocycles. The first kappa shape index (κ1) is 37.3. The summed E-state index contributed by atoms with van der Waals surface area (Å²) in [5.41, 5.74) is 19.1. The lowest BCUT2D eigenvalue weighted by molar-refractivity contribution is 0.758. The predicted octanol–water partition coefficient (Wildman–Crippen LogP) is 14.4. The summed E-state index contributed by atoms with van der Waals surface area (Å²) in [6.45, 7) is 4.44. The summed E-state index contributed by atoms with van der Waals surface area (Å²) >= 11 is 0. The Kier molecular flexibility index (Phi) is 9.24. The molecule has 0 N–H and O–H groups in total. The molecule has 0 radical (unpaired) electrons. The van der Waals surface area contributed by atoms with E-state index in [-0.39, 0.29) is 5.92 Å². The Bertz CT molecular complexity index is 3120. The molecule has 0 aliphatic heterocycles. The first-order valence-electron chi connectivity index (χ1n) is 21.5. The standard InChI is InChI=1S/C59H43N3/c1-3-4-21-51-50-24-13-16-27-54(50)59(52-25-14-11-22-48(52)49-23-12-15-26-53(49)59)55(51)47-37-36-46(38-39(47)2)42-30-34-45(35-31-42)58-61-56(43-19-9-6-10-20-43)60-57(62-58)44-32-28-41(29-33-44)40-17-7-5-8-18-40/h3-39H,1-2H3/b4-3-,51-21+,55-47-. The molecular formula is C59H43N3. The predicted molar refractivity (Wildman–Crippen MR) is 256 cm³/mol. The fourth-order valence-corrected chi connectivity index (χ4v) is 9.90. The van der Waals surface area contributed by atoms with Crippen molar-refractivity contribution in [2.24, 2.45) is 5.92 Å². The van der Waals surface area contributed by atoms with Crippen LogP contribution in [0, 0.1) is 5.92 Å². The van der Waals surface area contributed by atoms with Crippen LogP contribution < -0.4 is 0 Å². The van der Waals surface area contributed by atoms with Crippen molar-refractivity contribution >= 4 is 11.1 Å². The summed E-state index contributed by atoms with van der Waals surface area (Å²) < 4.78 is 0. The van der Waals surface area contributed by atoms with Crippen molar-refractivity contribution in [2.45, 2.75) is 19.3 Å². The third-order valence-electron chi connectivity index (χ3n) is 12.7. The quantitative estimate of drug-likeness (QED) is 0.168. The van der Waals surface area contributed by atoms with Crippen molar-refractivity contribution in [1.82, 2.24) is 15.0 Å². The van der Waals surface area contributed by atoms with Gasteiger partial charge in [0.05, 0.1) is 5.41 Å². The molecule has 1 aromatic heterocycles. The first-order valence-corrected chi connectivity index (χ1v) is 21.5. The summed E-state index contributed by atoms with van der Waals surface area (Å²) in [6, 6.07) is 64.8. The number of rotatable bonds is 6. The van der Waals surface area contributed by atoms with Crippen LogP contribution in [0.15, 0.2) is 230 Å². The second-order valence-corrected chi connectivity index (χ2v) is 16.3. The average Bonchev–Trinajstić information content (AvgIpc) is 3.80. The van der Waals surface area contributed by atoms with Crippen LogP contribution in [0.5, 0.6) is 0 Å². The Morgan fingerprint density at radius 1 is 0.435 bits per heavy atom. The van der Waals surface area contributed by atoms with Crippen LogP contribution in [0.3, 0.4) is 0 Å². The van der Waals surface area contributed by atoms with Crippen LogP contribution in [0.25, 0.3) is 67.6 Å². The molecule has 0 fully saturated rings. The Hall–Kier alpha value is -7.75. The molecule has 294 valence electrons. The molecule has 1 spiro atoms. The van der Waals surface area contributed by atoms with Gasteiger partial charge in [-0.3, -0.25) is 0 Å². The topological polar surface area (TPSA) is 38.7 Å². The first-order chi connectivity index (χ1) is 30.6. The summed E-state index contributed by atoms with van der Waals surface area (Å²) in [7, 11) is 0. The maximum atomic E-state index is 5.06. The second kappa shape index (κ2) is 15.4. The number of benzene rings is 7. The van der Waals surface area contributed by atoms with Crippen molar-refractivity contribution in [3.05, 3.63) is 257 Å². The van der Waals surface area contributed by atoms with Crippen LogP contribution in [-0.4, -0.2) is 15.0 Å². The van der Waals surface area contributed by atoms with Gasteiger partial charge in [0.15, 0.2) is 17.5 Å². The maximum absolute atomic E-state index is 5.06. The number of fused-ring (bicyclic) bond motifs is 7. The Labute approximate surface area is 363 Å². The summed E-state index contributed by atoms with van der Waals surface area (Å²) in [6.07, 6.45) is 13.8. The average molecular weight is 794 g/mol. The maximum Gasteiger partial charge on any atom is 0.164 e. The van der Waals surface area contributed by atoms with Gasteiger partial charge in [-0.05, 0) is 79.3 Å². The van der Waals surface area contributed by atoms with Crippen LogP contribution in [0.4, 0.5) is 0 Å². The van der Waals surface area contributed by atoms with Gasteiger partial charge in [0, 0.05) is 22.6 Å². The summed E-state index contributed by atoms with van der Waals surface area (Å²) in [5.74, 6) is 2.09. The van der Waals surface area contributed by atoms with E-state index in [9.17, 15) is 0 Å². The molecule has 0 saturated carbocycles. The van der Waals surface area contributed by atoms with E-state index < -0.39 is 5.41 Å². The van der Waals surface area contributed by atoms with Gasteiger partial charge < -0.3 is 0 Å². The molecule has 3 aliphatic carbocycles. The third-order valence-corrected chi connectivity index (χ3v) is 12.7. The van der Waals surface area contributed by atoms with E-state index in [2.05, 4.69) is 196 Å². The lowest BCUT2D eigenvalue weighted by Gasteiger charge is -2.34. The van der Waals surface area contributed by atoms with E-state index in [1.165, 1.54) is 61.2 Å². The second-order valence-electron chi connectivity index (χ2n) is 16.3. The van der Waals surface area contributed by atoms with Crippen molar-refractivity contribution in [1.29, 1.82) is 0 Å². The Morgan fingerprint density at radius 3 is 1.39 bits per heavy atom. The van der Waals surface area contributed by atoms with Crippen molar-refractivity contribution in [2.75, 3.05) is 0 Å². The van der Waals surface area contributed by atoms with E-state index >= 15 is 0 Å². The Morgan fingerprint density at radius 2 is 0.855 bits per heavy atom. The van der Waals surface area contributed by atoms with Gasteiger partial charge in [-0.2, -0.15) is 0 Å². The number of hydrogen-bond donors (Lipinski definition) is 0. The smallest absolute Gasteiger partial charge is 0.164 e. The van der Waals surface area contributed by atoms with Crippen LogP contribution in [0.1, 0.15) is 41.7 Å². The molecular weight excluding hydrogens is 751 g/mol. The van der Waals surface area contributed by atoms with Gasteiger partial charge in [-0.25, -0.2) is 15.0 Å². The largest absolute Gasteiger partial charge is 0.208 e. The molecule has 0 saturated heterocycles. The fourth-order valence-electron chi connectivity index (χ4n) is 9.90. The van der Waals surface area contributed by atoms with Crippen molar-refractivity contribution in [3.8, 4) is 56.4 Å². The van der Waals surface area contributed by atoms with Gasteiger partial charge in [0.1, 0.15) is 0 Å². The minimum atomic E-state index is -0.427. The number of nitrogens with zero attached hydrogens (tertiary/aromatic N) is 3. The van der Waals surface area contributed by atoms with Gasteiger partial charge in [-0.1, -0.05) is 225 Å². The molecule has 3 nitrogen and oxygen atoms in total. The monoisotopic (exact) mass is 793 g/mol. The lowest BCUT2D eigenvalue weighted by atomic mass is 9.67. The normalized spacial score (nSPS) is 17.6. The van der Waals surface area contributed by atoms with Crippen LogP contribution >= 0.6 is 0 Å². The fraction of sp³-hybridized carbons (Fsp3) is 0.0678. The number of hydrogen-bond acceptors (Lipinski definition) is 3. The highest BCUT2D eigenvalue weighted by atomic mass is 15.0. The molecule has 0 amide bonds. The zero-order valence-corrected chi connectivity index (χ0v) is 34.7. The molecule has 11 rings (SSSR count). The highest BCUT2D eigenvalue weighted by molar-refractivity contribution is 6.01. The van der Waals surface area contributed by atoms with E-state index in [1.807, 2.05) is 36.4 Å². The summed E-state index contributed by atoms with van der Waals surface area (Å²) in [5, 5.41) is 0. The molecule has 0 bridgehead atoms. The molecule has 1 unspecified atom stereocenters. The summed E-state index contributed by atoms with van der Waals surface area (Å²) in [4.78, 5) is 15.0. The molecule has 1 heterocycles. The van der Waals surface area contributed by atoms with Gasteiger partial charge in [0.2, 0.25) is 0 Å². The van der Waals surface area contributed by atoms with E-state index in [0.29, 0.717) is 17.5 Å². The van der Waals surface area contributed by atoms with Crippen molar-refractivity contribution in [3.63, 3.8) is 0 Å². The SMILES string of the molecule is C\C=C/C=C1/C(=C2\C=CC(c3ccc(-c4nc(-c5ccccc5)nc(-c5ccc(-c6ccccc6)cc5)n4)cc3)=CC2C)C2(c3ccccc31)c1ccccc1-c1ccccc12. The minimum Gasteiger partial charge on any atom is -0.208 e. The Balaban J connectivity index is 0.979. The van der Waals surface area contributed by atoms with Gasteiger partial charge >= 0.3 is 0 Å². The highest BCUT2D eigenvalue weighted by Crippen LogP contribution is 2.65. The number of aromatic nitrogens is 3. The third kappa shape index (κ3) is 6.08. The lowest BCUT2D eigenvalue weighted by Crippen LogP contribution is -2.28. The van der Waals surface area contributed by atoms with Gasteiger partial charge in [0.25, 0.3) is 0 Å². The molecule has 62 heavy (non-hydrogen) atoms. The zero-order valence-electron chi connectivity index (χ0n) is 34.7. The van der Waals surface area contributed by atoms with Gasteiger partial charge in [-0.15, -0.1) is 0 Å². The van der Waals surface area contributed by atoms with E-state index in [0.717, 1.165) is 27.8 Å². The van der Waals surface area contributed by atoms with E-state index in [1.54, 1.807) is 0 Å². The number of allylic oxidation sites excluding steroid dienone is 10. The zero-order chi connectivity index (χ0) is 41.6. The highest BCUT2D eigenvalue weighted by Gasteiger charge is 2.54. The molecule has 1 atom stereocenters. The minimum absolute atomic E-state index is 0.151. The van der Waals surface area contributed by atoms with Crippen molar-refractivity contribution < 1.29 is 0 Å².